The molecule has 1 N–H and O–H groups in total. The summed E-state index contributed by atoms with van der Waals surface area (Å²) in [6, 6.07) is 7.97. The summed E-state index contributed by atoms with van der Waals surface area (Å²) in [5, 5.41) is 3.03. The molecule has 1 aromatic heterocycles. The van der Waals surface area contributed by atoms with Gasteiger partial charge in [0.25, 0.3) is 5.91 Å². The van der Waals surface area contributed by atoms with Gasteiger partial charge in [-0.3, -0.25) is 9.59 Å². The van der Waals surface area contributed by atoms with Crippen molar-refractivity contribution >= 4 is 16.9 Å². The molecule has 0 bridgehead atoms. The number of nitrogens with one attached hydrogen (secondary N) is 1. The minimum atomic E-state index is -0.437. The number of hydrogen-bond donors (Lipinski definition) is 1. The molecule has 0 saturated heterocycles. The van der Waals surface area contributed by atoms with E-state index in [1.807, 2.05) is 0 Å². The number of para-hydroxylation sites is 1. The highest BCUT2D eigenvalue weighted by Crippen LogP contribution is 2.11. The van der Waals surface area contributed by atoms with Crippen molar-refractivity contribution in [1.29, 1.82) is 0 Å². The summed E-state index contributed by atoms with van der Waals surface area (Å²) in [7, 11) is 0. The summed E-state index contributed by atoms with van der Waals surface area (Å²) in [5.74, 6) is 1.97. The van der Waals surface area contributed by atoms with Crippen molar-refractivity contribution in [3.63, 3.8) is 0 Å². The van der Waals surface area contributed by atoms with Crippen molar-refractivity contribution in [1.82, 2.24) is 5.32 Å². The molecule has 0 fully saturated rings. The standard InChI is InChI=1S/C14H11NO3/c1-2-3-8-15-14(17)13-9-11(16)10-6-4-5-7-12(10)18-13/h1,4-7,9H,3,8H2,(H,15,17). The highest BCUT2D eigenvalue weighted by atomic mass is 16.3. The Kier molecular flexibility index (Phi) is 3.44. The van der Waals surface area contributed by atoms with Crippen molar-refractivity contribution in [3.8, 4) is 12.3 Å². The molecule has 0 atom stereocenters. The lowest BCUT2D eigenvalue weighted by atomic mass is 10.2. The number of rotatable bonds is 3. The van der Waals surface area contributed by atoms with Gasteiger partial charge in [-0.2, -0.15) is 0 Å². The second-order valence-electron chi connectivity index (χ2n) is 3.68. The number of hydrogen-bond acceptors (Lipinski definition) is 3. The molecule has 0 aliphatic rings. The van der Waals surface area contributed by atoms with Gasteiger partial charge in [-0.25, -0.2) is 0 Å². The van der Waals surface area contributed by atoms with Crippen LogP contribution in [-0.4, -0.2) is 12.5 Å². The molecule has 1 aromatic carbocycles. The second kappa shape index (κ2) is 5.19. The molecule has 90 valence electrons. The Morgan fingerprint density at radius 2 is 2.17 bits per heavy atom. The van der Waals surface area contributed by atoms with Crippen LogP contribution in [0.1, 0.15) is 17.0 Å². The van der Waals surface area contributed by atoms with E-state index in [2.05, 4.69) is 11.2 Å². The maximum absolute atomic E-state index is 11.8. The van der Waals surface area contributed by atoms with Gasteiger partial charge in [-0.05, 0) is 12.1 Å². The smallest absolute Gasteiger partial charge is 0.287 e. The number of terminal acetylenes is 1. The molecular weight excluding hydrogens is 230 g/mol. The fraction of sp³-hybridized carbons (Fsp3) is 0.143. The van der Waals surface area contributed by atoms with E-state index in [1.54, 1.807) is 24.3 Å². The molecule has 4 nitrogen and oxygen atoms in total. The Bertz CT molecular complexity index is 679. The molecule has 2 rings (SSSR count). The van der Waals surface area contributed by atoms with E-state index in [0.717, 1.165) is 0 Å². The molecular formula is C14H11NO3. The molecule has 0 spiro atoms. The van der Waals surface area contributed by atoms with E-state index in [9.17, 15) is 9.59 Å². The zero-order valence-electron chi connectivity index (χ0n) is 9.60. The Balaban J connectivity index is 2.32. The first-order valence-corrected chi connectivity index (χ1v) is 5.47. The Morgan fingerprint density at radius 1 is 1.39 bits per heavy atom. The second-order valence-corrected chi connectivity index (χ2v) is 3.68. The van der Waals surface area contributed by atoms with Crippen LogP contribution in [0, 0.1) is 12.3 Å². The third kappa shape index (κ3) is 2.41. The molecule has 18 heavy (non-hydrogen) atoms. The van der Waals surface area contributed by atoms with Gasteiger partial charge in [-0.1, -0.05) is 12.1 Å². The third-order valence-electron chi connectivity index (χ3n) is 2.41. The van der Waals surface area contributed by atoms with E-state index in [1.165, 1.54) is 6.07 Å². The highest BCUT2D eigenvalue weighted by Gasteiger charge is 2.11. The molecule has 1 heterocycles. The summed E-state index contributed by atoms with van der Waals surface area (Å²) in [4.78, 5) is 23.5. The summed E-state index contributed by atoms with van der Waals surface area (Å²) in [6.45, 7) is 0.353. The predicted octanol–water partition coefficient (Wildman–Crippen LogP) is 1.55. The topological polar surface area (TPSA) is 59.3 Å². The summed E-state index contributed by atoms with van der Waals surface area (Å²) >= 11 is 0. The van der Waals surface area contributed by atoms with E-state index >= 15 is 0 Å². The average Bonchev–Trinajstić information content (AvgIpc) is 2.39. The Labute approximate surface area is 104 Å². The quantitative estimate of drug-likeness (QED) is 0.655. The number of fused-ring (bicyclic) bond motifs is 1. The maximum Gasteiger partial charge on any atom is 0.287 e. The monoisotopic (exact) mass is 241 g/mol. The molecule has 4 heteroatoms. The minimum absolute atomic E-state index is 0.00396. The van der Waals surface area contributed by atoms with Crippen molar-refractivity contribution in [2.24, 2.45) is 0 Å². The van der Waals surface area contributed by atoms with Gasteiger partial charge in [0.05, 0.1) is 5.39 Å². The zero-order chi connectivity index (χ0) is 13.0. The van der Waals surface area contributed by atoms with E-state index in [-0.39, 0.29) is 11.2 Å². The van der Waals surface area contributed by atoms with Crippen LogP contribution in [0.15, 0.2) is 39.5 Å². The van der Waals surface area contributed by atoms with Crippen molar-refractivity contribution in [3.05, 3.63) is 46.3 Å². The van der Waals surface area contributed by atoms with Crippen molar-refractivity contribution in [2.75, 3.05) is 6.54 Å². The highest BCUT2D eigenvalue weighted by molar-refractivity contribution is 5.93. The fourth-order valence-corrected chi connectivity index (χ4v) is 1.55. The first-order valence-electron chi connectivity index (χ1n) is 5.47. The van der Waals surface area contributed by atoms with Crippen LogP contribution in [0.3, 0.4) is 0 Å². The number of benzene rings is 1. The lowest BCUT2D eigenvalue weighted by molar-refractivity contribution is 0.0927. The van der Waals surface area contributed by atoms with E-state index < -0.39 is 5.91 Å². The van der Waals surface area contributed by atoms with Gasteiger partial charge in [0.1, 0.15) is 5.58 Å². The van der Waals surface area contributed by atoms with Crippen LogP contribution < -0.4 is 10.7 Å². The molecule has 2 aromatic rings. The molecule has 1 amide bonds. The van der Waals surface area contributed by atoms with Crippen LogP contribution in [0.5, 0.6) is 0 Å². The van der Waals surface area contributed by atoms with E-state index in [4.69, 9.17) is 10.8 Å². The molecule has 0 unspecified atom stereocenters. The fourth-order valence-electron chi connectivity index (χ4n) is 1.55. The first kappa shape index (κ1) is 11.9. The van der Waals surface area contributed by atoms with Gasteiger partial charge in [-0.15, -0.1) is 12.3 Å². The third-order valence-corrected chi connectivity index (χ3v) is 2.41. The zero-order valence-corrected chi connectivity index (χ0v) is 9.60. The Hall–Kier alpha value is -2.54. The van der Waals surface area contributed by atoms with Gasteiger partial charge in [0.2, 0.25) is 0 Å². The van der Waals surface area contributed by atoms with Gasteiger partial charge in [0.15, 0.2) is 11.2 Å². The number of carbonyl (C=O) groups is 1. The van der Waals surface area contributed by atoms with Crippen molar-refractivity contribution in [2.45, 2.75) is 6.42 Å². The van der Waals surface area contributed by atoms with Crippen LogP contribution in [-0.2, 0) is 0 Å². The average molecular weight is 241 g/mol. The van der Waals surface area contributed by atoms with Gasteiger partial charge < -0.3 is 9.73 Å². The van der Waals surface area contributed by atoms with Gasteiger partial charge in [0, 0.05) is 19.0 Å². The lowest BCUT2D eigenvalue weighted by Gasteiger charge is -2.03. The van der Waals surface area contributed by atoms with Crippen LogP contribution >= 0.6 is 0 Å². The van der Waals surface area contributed by atoms with Crippen molar-refractivity contribution < 1.29 is 9.21 Å². The maximum atomic E-state index is 11.8. The number of amides is 1. The SMILES string of the molecule is C#CCCNC(=O)c1cc(=O)c2ccccc2o1. The summed E-state index contributed by atoms with van der Waals surface area (Å²) in [5.41, 5.74) is 0.158. The van der Waals surface area contributed by atoms with E-state index in [0.29, 0.717) is 23.9 Å². The summed E-state index contributed by atoms with van der Waals surface area (Å²) < 4.78 is 5.37. The van der Waals surface area contributed by atoms with Crippen LogP contribution in [0.2, 0.25) is 0 Å². The molecule has 0 aliphatic carbocycles. The first-order chi connectivity index (χ1) is 8.72. The molecule has 0 saturated carbocycles. The Morgan fingerprint density at radius 3 is 2.94 bits per heavy atom. The number of carbonyl (C=O) groups excluding carboxylic acids is 1. The van der Waals surface area contributed by atoms with Gasteiger partial charge >= 0.3 is 0 Å². The lowest BCUT2D eigenvalue weighted by Crippen LogP contribution is -2.25. The van der Waals surface area contributed by atoms with Crippen LogP contribution in [0.25, 0.3) is 11.0 Å². The summed E-state index contributed by atoms with van der Waals surface area (Å²) in [6.07, 6.45) is 5.51. The predicted molar refractivity (Wildman–Crippen MR) is 68.3 cm³/mol. The molecule has 0 aliphatic heterocycles. The minimum Gasteiger partial charge on any atom is -0.451 e. The molecule has 0 radical (unpaired) electrons. The largest absolute Gasteiger partial charge is 0.451 e. The normalized spacial score (nSPS) is 9.94. The van der Waals surface area contributed by atoms with Crippen LogP contribution in [0.4, 0.5) is 0 Å².